The van der Waals surface area contributed by atoms with Crippen molar-refractivity contribution < 1.29 is 9.53 Å². The minimum absolute atomic E-state index is 0.262. The SMILES string of the molecule is CCN1CCN(C(=O)CCCOc2ccc(C)cc2)CC1. The van der Waals surface area contributed by atoms with Crippen LogP contribution in [-0.2, 0) is 4.79 Å². The number of rotatable bonds is 6. The van der Waals surface area contributed by atoms with Gasteiger partial charge in [0.1, 0.15) is 5.75 Å². The summed E-state index contributed by atoms with van der Waals surface area (Å²) in [5.74, 6) is 1.14. The largest absolute Gasteiger partial charge is 0.494 e. The Bertz CT molecular complexity index is 437. The lowest BCUT2D eigenvalue weighted by molar-refractivity contribution is -0.133. The quantitative estimate of drug-likeness (QED) is 0.754. The highest BCUT2D eigenvalue weighted by Crippen LogP contribution is 2.12. The molecule has 1 heterocycles. The monoisotopic (exact) mass is 290 g/mol. The minimum atomic E-state index is 0.262. The number of benzene rings is 1. The molecule has 1 aromatic rings. The maximum Gasteiger partial charge on any atom is 0.222 e. The maximum atomic E-state index is 12.1. The van der Waals surface area contributed by atoms with E-state index in [2.05, 4.69) is 18.7 Å². The lowest BCUT2D eigenvalue weighted by Crippen LogP contribution is -2.48. The van der Waals surface area contributed by atoms with Gasteiger partial charge in [-0.15, -0.1) is 0 Å². The van der Waals surface area contributed by atoms with Gasteiger partial charge in [-0.25, -0.2) is 0 Å². The van der Waals surface area contributed by atoms with Gasteiger partial charge >= 0.3 is 0 Å². The lowest BCUT2D eigenvalue weighted by atomic mass is 10.2. The van der Waals surface area contributed by atoms with Crippen LogP contribution in [0, 0.1) is 6.92 Å². The summed E-state index contributed by atoms with van der Waals surface area (Å²) < 4.78 is 5.65. The zero-order chi connectivity index (χ0) is 15.1. The third-order valence-corrected chi connectivity index (χ3v) is 4.00. The summed E-state index contributed by atoms with van der Waals surface area (Å²) in [7, 11) is 0. The highest BCUT2D eigenvalue weighted by atomic mass is 16.5. The average Bonchev–Trinajstić information content (AvgIpc) is 2.53. The van der Waals surface area contributed by atoms with Gasteiger partial charge in [0.05, 0.1) is 6.61 Å². The smallest absolute Gasteiger partial charge is 0.222 e. The molecule has 0 saturated carbocycles. The van der Waals surface area contributed by atoms with Crippen LogP contribution in [0.3, 0.4) is 0 Å². The highest BCUT2D eigenvalue weighted by molar-refractivity contribution is 5.76. The van der Waals surface area contributed by atoms with E-state index in [9.17, 15) is 4.79 Å². The Kier molecular flexibility index (Phi) is 6.05. The number of carbonyl (C=O) groups excluding carboxylic acids is 1. The van der Waals surface area contributed by atoms with Gasteiger partial charge in [0, 0.05) is 32.6 Å². The number of carbonyl (C=O) groups is 1. The minimum Gasteiger partial charge on any atom is -0.494 e. The van der Waals surface area contributed by atoms with Crippen molar-refractivity contribution in [2.24, 2.45) is 0 Å². The van der Waals surface area contributed by atoms with Crippen molar-refractivity contribution in [3.05, 3.63) is 29.8 Å². The van der Waals surface area contributed by atoms with Crippen LogP contribution in [0.25, 0.3) is 0 Å². The summed E-state index contributed by atoms with van der Waals surface area (Å²) in [6.07, 6.45) is 1.36. The summed E-state index contributed by atoms with van der Waals surface area (Å²) in [4.78, 5) is 16.5. The molecule has 1 fully saturated rings. The van der Waals surface area contributed by atoms with Crippen LogP contribution in [0.1, 0.15) is 25.3 Å². The standard InChI is InChI=1S/C17H26N2O2/c1-3-18-10-12-19(13-11-18)17(20)5-4-14-21-16-8-6-15(2)7-9-16/h6-9H,3-5,10-14H2,1-2H3. The number of aryl methyl sites for hydroxylation is 1. The van der Waals surface area contributed by atoms with E-state index < -0.39 is 0 Å². The molecular weight excluding hydrogens is 264 g/mol. The maximum absolute atomic E-state index is 12.1. The van der Waals surface area contributed by atoms with Gasteiger partial charge in [-0.2, -0.15) is 0 Å². The molecule has 0 radical (unpaired) electrons. The molecule has 1 saturated heterocycles. The van der Waals surface area contributed by atoms with Gasteiger partial charge < -0.3 is 14.5 Å². The first-order chi connectivity index (χ1) is 10.2. The summed E-state index contributed by atoms with van der Waals surface area (Å²) >= 11 is 0. The molecule has 0 unspecified atom stereocenters. The van der Waals surface area contributed by atoms with Crippen LogP contribution in [0.4, 0.5) is 0 Å². The summed E-state index contributed by atoms with van der Waals surface area (Å²) in [5.41, 5.74) is 1.23. The molecule has 0 N–H and O–H groups in total. The Morgan fingerprint density at radius 1 is 1.14 bits per heavy atom. The molecule has 1 aliphatic heterocycles. The Morgan fingerprint density at radius 3 is 2.43 bits per heavy atom. The van der Waals surface area contributed by atoms with Gasteiger partial charge in [0.2, 0.25) is 5.91 Å². The van der Waals surface area contributed by atoms with Crippen molar-refractivity contribution in [2.45, 2.75) is 26.7 Å². The van der Waals surface area contributed by atoms with Crippen LogP contribution in [-0.4, -0.2) is 55.0 Å². The number of hydrogen-bond donors (Lipinski definition) is 0. The van der Waals surface area contributed by atoms with Crippen LogP contribution in [0.15, 0.2) is 24.3 Å². The van der Waals surface area contributed by atoms with E-state index in [0.717, 1.165) is 44.9 Å². The molecule has 116 valence electrons. The molecule has 1 amide bonds. The first-order valence-electron chi connectivity index (χ1n) is 7.88. The van der Waals surface area contributed by atoms with Crippen molar-refractivity contribution in [1.29, 1.82) is 0 Å². The fourth-order valence-electron chi connectivity index (χ4n) is 2.52. The Labute approximate surface area is 127 Å². The molecule has 0 aromatic heterocycles. The number of piperazine rings is 1. The second-order valence-corrected chi connectivity index (χ2v) is 5.58. The zero-order valence-electron chi connectivity index (χ0n) is 13.2. The first kappa shape index (κ1) is 15.8. The number of amides is 1. The van der Waals surface area contributed by atoms with Gasteiger partial charge in [-0.3, -0.25) is 4.79 Å². The zero-order valence-corrected chi connectivity index (χ0v) is 13.2. The molecule has 0 spiro atoms. The van der Waals surface area contributed by atoms with E-state index in [0.29, 0.717) is 13.0 Å². The normalized spacial score (nSPS) is 16.0. The van der Waals surface area contributed by atoms with Crippen LogP contribution in [0.5, 0.6) is 5.75 Å². The third kappa shape index (κ3) is 5.05. The topological polar surface area (TPSA) is 32.8 Å². The fraction of sp³-hybridized carbons (Fsp3) is 0.588. The van der Waals surface area contributed by atoms with Crippen molar-refractivity contribution >= 4 is 5.91 Å². The molecule has 0 atom stereocenters. The second kappa shape index (κ2) is 8.03. The Balaban J connectivity index is 1.62. The predicted molar refractivity (Wildman–Crippen MR) is 84.6 cm³/mol. The number of ether oxygens (including phenoxy) is 1. The summed E-state index contributed by atoms with van der Waals surface area (Å²) in [5, 5.41) is 0. The predicted octanol–water partition coefficient (Wildman–Crippen LogP) is 2.32. The molecule has 0 bridgehead atoms. The van der Waals surface area contributed by atoms with Gasteiger partial charge in [-0.05, 0) is 32.0 Å². The molecule has 1 aromatic carbocycles. The van der Waals surface area contributed by atoms with Crippen molar-refractivity contribution in [2.75, 3.05) is 39.3 Å². The van der Waals surface area contributed by atoms with E-state index in [-0.39, 0.29) is 5.91 Å². The third-order valence-electron chi connectivity index (χ3n) is 4.00. The van der Waals surface area contributed by atoms with Crippen LogP contribution in [0.2, 0.25) is 0 Å². The summed E-state index contributed by atoms with van der Waals surface area (Å²) in [6.45, 7) is 9.64. The van der Waals surface area contributed by atoms with E-state index in [4.69, 9.17) is 4.74 Å². The average molecular weight is 290 g/mol. The molecule has 1 aliphatic rings. The van der Waals surface area contributed by atoms with Gasteiger partial charge in [-0.1, -0.05) is 24.6 Å². The Morgan fingerprint density at radius 2 is 1.81 bits per heavy atom. The van der Waals surface area contributed by atoms with Gasteiger partial charge in [0.25, 0.3) is 0 Å². The number of nitrogens with zero attached hydrogens (tertiary/aromatic N) is 2. The molecule has 21 heavy (non-hydrogen) atoms. The van der Waals surface area contributed by atoms with E-state index >= 15 is 0 Å². The van der Waals surface area contributed by atoms with E-state index in [1.807, 2.05) is 29.2 Å². The van der Waals surface area contributed by atoms with Crippen LogP contribution < -0.4 is 4.74 Å². The lowest BCUT2D eigenvalue weighted by Gasteiger charge is -2.34. The molecular formula is C17H26N2O2. The fourth-order valence-corrected chi connectivity index (χ4v) is 2.52. The number of hydrogen-bond acceptors (Lipinski definition) is 3. The molecule has 2 rings (SSSR count). The van der Waals surface area contributed by atoms with Crippen molar-refractivity contribution in [3.8, 4) is 5.75 Å². The van der Waals surface area contributed by atoms with Crippen LogP contribution >= 0.6 is 0 Å². The molecule has 0 aliphatic carbocycles. The van der Waals surface area contributed by atoms with Crippen molar-refractivity contribution in [3.63, 3.8) is 0 Å². The summed E-state index contributed by atoms with van der Waals surface area (Å²) in [6, 6.07) is 8.02. The molecule has 4 nitrogen and oxygen atoms in total. The number of likely N-dealkylation sites (N-methyl/N-ethyl adjacent to an activating group) is 1. The Hall–Kier alpha value is -1.55. The molecule has 4 heteroatoms. The van der Waals surface area contributed by atoms with E-state index in [1.165, 1.54) is 5.56 Å². The first-order valence-corrected chi connectivity index (χ1v) is 7.88. The van der Waals surface area contributed by atoms with E-state index in [1.54, 1.807) is 0 Å². The van der Waals surface area contributed by atoms with Crippen molar-refractivity contribution in [1.82, 2.24) is 9.80 Å². The second-order valence-electron chi connectivity index (χ2n) is 5.58. The highest BCUT2D eigenvalue weighted by Gasteiger charge is 2.19. The van der Waals surface area contributed by atoms with Gasteiger partial charge in [0.15, 0.2) is 0 Å².